The molecule has 0 aliphatic heterocycles. The Morgan fingerprint density at radius 1 is 1.19 bits per heavy atom. The predicted octanol–water partition coefficient (Wildman–Crippen LogP) is 0.793. The van der Waals surface area contributed by atoms with Crippen LogP contribution in [-0.4, -0.2) is 25.0 Å². The first kappa shape index (κ1) is 8.78. The fourth-order valence-electron chi connectivity index (χ4n) is 1.56. The summed E-state index contributed by atoms with van der Waals surface area (Å²) >= 11 is 0. The van der Waals surface area contributed by atoms with E-state index in [9.17, 15) is 0 Å². The number of anilines is 1. The molecular formula is C10H8N6. The van der Waals surface area contributed by atoms with Crippen molar-refractivity contribution < 1.29 is 0 Å². The third-order valence-electron chi connectivity index (χ3n) is 2.28. The number of fused-ring (bicyclic) bond motifs is 1. The van der Waals surface area contributed by atoms with E-state index in [1.54, 1.807) is 6.20 Å². The third kappa shape index (κ3) is 1.28. The molecule has 78 valence electrons. The number of rotatable bonds is 1. The largest absolute Gasteiger partial charge is 0.366 e. The van der Waals surface area contributed by atoms with E-state index in [1.165, 1.54) is 11.0 Å². The van der Waals surface area contributed by atoms with E-state index in [4.69, 9.17) is 5.73 Å². The zero-order chi connectivity index (χ0) is 11.0. The van der Waals surface area contributed by atoms with Crippen LogP contribution < -0.4 is 5.73 Å². The molecule has 0 aliphatic rings. The van der Waals surface area contributed by atoms with Gasteiger partial charge in [-0.1, -0.05) is 24.3 Å². The smallest absolute Gasteiger partial charge is 0.239 e. The van der Waals surface area contributed by atoms with E-state index in [0.717, 1.165) is 10.8 Å². The Morgan fingerprint density at radius 2 is 2.06 bits per heavy atom. The van der Waals surface area contributed by atoms with Gasteiger partial charge in [-0.25, -0.2) is 4.98 Å². The van der Waals surface area contributed by atoms with Crippen molar-refractivity contribution >= 4 is 16.7 Å². The maximum absolute atomic E-state index is 5.47. The van der Waals surface area contributed by atoms with Crippen molar-refractivity contribution in [3.05, 3.63) is 36.8 Å². The maximum Gasteiger partial charge on any atom is 0.239 e. The molecule has 0 saturated carbocycles. The van der Waals surface area contributed by atoms with E-state index in [2.05, 4.69) is 20.3 Å². The van der Waals surface area contributed by atoms with Crippen molar-refractivity contribution in [2.45, 2.75) is 0 Å². The van der Waals surface area contributed by atoms with Gasteiger partial charge in [-0.05, 0) is 0 Å². The summed E-state index contributed by atoms with van der Waals surface area (Å²) in [6, 6.07) is 7.81. The molecule has 2 heterocycles. The molecule has 0 atom stereocenters. The summed E-state index contributed by atoms with van der Waals surface area (Å²) in [5, 5.41) is 13.9. The van der Waals surface area contributed by atoms with Crippen molar-refractivity contribution in [1.29, 1.82) is 0 Å². The summed E-state index contributed by atoms with van der Waals surface area (Å²) in [4.78, 5) is 3.86. The van der Waals surface area contributed by atoms with E-state index in [0.29, 0.717) is 5.82 Å². The average Bonchev–Trinajstić information content (AvgIpc) is 2.75. The zero-order valence-corrected chi connectivity index (χ0v) is 8.28. The summed E-state index contributed by atoms with van der Waals surface area (Å²) in [5.41, 5.74) is 5.47. The average molecular weight is 212 g/mol. The summed E-state index contributed by atoms with van der Waals surface area (Å²) in [6.07, 6.45) is 3.23. The number of nitrogens with two attached hydrogens (primary N) is 1. The van der Waals surface area contributed by atoms with Gasteiger partial charge in [0.05, 0.1) is 6.20 Å². The van der Waals surface area contributed by atoms with Crippen LogP contribution in [0, 0.1) is 0 Å². The fourth-order valence-corrected chi connectivity index (χ4v) is 1.56. The molecule has 0 saturated heterocycles. The van der Waals surface area contributed by atoms with Gasteiger partial charge < -0.3 is 5.73 Å². The zero-order valence-electron chi connectivity index (χ0n) is 8.28. The molecule has 0 radical (unpaired) electrons. The molecule has 16 heavy (non-hydrogen) atoms. The Hall–Kier alpha value is -2.50. The Kier molecular flexibility index (Phi) is 1.79. The lowest BCUT2D eigenvalue weighted by Gasteiger charge is -2.02. The van der Waals surface area contributed by atoms with Crippen LogP contribution in [0.3, 0.4) is 0 Å². The molecule has 0 unspecified atom stereocenters. The van der Waals surface area contributed by atoms with E-state index < -0.39 is 0 Å². The van der Waals surface area contributed by atoms with Crippen LogP contribution >= 0.6 is 0 Å². The molecule has 0 fully saturated rings. The molecule has 2 aromatic heterocycles. The van der Waals surface area contributed by atoms with Crippen LogP contribution in [0.2, 0.25) is 0 Å². The summed E-state index contributed by atoms with van der Waals surface area (Å²) in [5.74, 6) is 0.844. The summed E-state index contributed by atoms with van der Waals surface area (Å²) in [7, 11) is 0. The molecule has 1 aromatic carbocycles. The lowest BCUT2D eigenvalue weighted by molar-refractivity contribution is 0.827. The van der Waals surface area contributed by atoms with Gasteiger partial charge in [-0.15, -0.1) is 10.2 Å². The second-order valence-electron chi connectivity index (χ2n) is 3.30. The highest BCUT2D eigenvalue weighted by Crippen LogP contribution is 2.17. The van der Waals surface area contributed by atoms with Gasteiger partial charge in [0.1, 0.15) is 6.33 Å². The van der Waals surface area contributed by atoms with Gasteiger partial charge in [0.2, 0.25) is 5.95 Å². The molecule has 3 rings (SSSR count). The molecule has 0 bridgehead atoms. The van der Waals surface area contributed by atoms with Crippen LogP contribution in [0.15, 0.2) is 36.8 Å². The second-order valence-corrected chi connectivity index (χ2v) is 3.30. The molecule has 3 aromatic rings. The number of hydrogen-bond donors (Lipinski definition) is 1. The highest BCUT2D eigenvalue weighted by Gasteiger charge is 2.06. The summed E-state index contributed by atoms with van der Waals surface area (Å²) in [6.45, 7) is 0. The minimum Gasteiger partial charge on any atom is -0.366 e. The Labute approximate surface area is 90.7 Å². The minimum atomic E-state index is 0.217. The van der Waals surface area contributed by atoms with Gasteiger partial charge in [-0.2, -0.15) is 9.78 Å². The lowest BCUT2D eigenvalue weighted by Crippen LogP contribution is -2.01. The molecule has 0 aliphatic carbocycles. The van der Waals surface area contributed by atoms with Crippen molar-refractivity contribution in [3.8, 4) is 5.82 Å². The Bertz CT molecular complexity index is 639. The monoisotopic (exact) mass is 212 g/mol. The van der Waals surface area contributed by atoms with Crippen LogP contribution in [0.1, 0.15) is 0 Å². The van der Waals surface area contributed by atoms with Gasteiger partial charge >= 0.3 is 0 Å². The maximum atomic E-state index is 5.47. The number of benzene rings is 1. The standard InChI is InChI=1S/C10H8N6/c11-10-12-6-16(15-10)9-8-4-2-1-3-7(8)5-13-14-9/h1-6H,(H2,11,15). The van der Waals surface area contributed by atoms with Crippen LogP contribution in [-0.2, 0) is 0 Å². The van der Waals surface area contributed by atoms with Crippen molar-refractivity contribution in [1.82, 2.24) is 25.0 Å². The fraction of sp³-hybridized carbons (Fsp3) is 0. The normalized spacial score (nSPS) is 10.8. The topological polar surface area (TPSA) is 82.5 Å². The van der Waals surface area contributed by atoms with E-state index in [1.807, 2.05) is 24.3 Å². The Balaban J connectivity index is 2.31. The number of nitrogen functional groups attached to an aromatic ring is 1. The lowest BCUT2D eigenvalue weighted by atomic mass is 10.2. The predicted molar refractivity (Wildman–Crippen MR) is 58.9 cm³/mol. The van der Waals surface area contributed by atoms with Crippen molar-refractivity contribution in [2.24, 2.45) is 0 Å². The van der Waals surface area contributed by atoms with Gasteiger partial charge in [0, 0.05) is 10.8 Å². The summed E-state index contributed by atoms with van der Waals surface area (Å²) < 4.78 is 1.52. The SMILES string of the molecule is Nc1ncn(-c2nncc3ccccc23)n1. The van der Waals surface area contributed by atoms with Crippen molar-refractivity contribution in [2.75, 3.05) is 5.73 Å². The molecule has 0 amide bonds. The van der Waals surface area contributed by atoms with Gasteiger partial charge in [0.15, 0.2) is 5.82 Å². The molecular weight excluding hydrogens is 204 g/mol. The first-order valence-electron chi connectivity index (χ1n) is 4.72. The molecule has 0 spiro atoms. The number of aromatic nitrogens is 5. The minimum absolute atomic E-state index is 0.217. The molecule has 2 N–H and O–H groups in total. The number of hydrogen-bond acceptors (Lipinski definition) is 5. The van der Waals surface area contributed by atoms with E-state index in [-0.39, 0.29) is 5.95 Å². The molecule has 6 heteroatoms. The van der Waals surface area contributed by atoms with Gasteiger partial charge in [-0.3, -0.25) is 0 Å². The highest BCUT2D eigenvalue weighted by atomic mass is 15.4. The highest BCUT2D eigenvalue weighted by molar-refractivity contribution is 5.87. The Morgan fingerprint density at radius 3 is 2.88 bits per heavy atom. The van der Waals surface area contributed by atoms with Crippen LogP contribution in [0.25, 0.3) is 16.6 Å². The third-order valence-corrected chi connectivity index (χ3v) is 2.28. The first-order valence-corrected chi connectivity index (χ1v) is 4.72. The quantitative estimate of drug-likeness (QED) is 0.644. The first-order chi connectivity index (χ1) is 7.84. The second kappa shape index (κ2) is 3.27. The van der Waals surface area contributed by atoms with Gasteiger partial charge in [0.25, 0.3) is 0 Å². The van der Waals surface area contributed by atoms with Crippen LogP contribution in [0.5, 0.6) is 0 Å². The van der Waals surface area contributed by atoms with Crippen LogP contribution in [0.4, 0.5) is 5.95 Å². The molecule has 6 nitrogen and oxygen atoms in total. The van der Waals surface area contributed by atoms with E-state index >= 15 is 0 Å². The van der Waals surface area contributed by atoms with Crippen molar-refractivity contribution in [3.63, 3.8) is 0 Å². The number of nitrogens with zero attached hydrogens (tertiary/aromatic N) is 5.